The Morgan fingerprint density at radius 1 is 1.27 bits per heavy atom. The van der Waals surface area contributed by atoms with Gasteiger partial charge < -0.3 is 19.3 Å². The molecule has 1 heterocycles. The molecule has 2 aromatic rings. The van der Waals surface area contributed by atoms with E-state index in [0.29, 0.717) is 26.0 Å². The van der Waals surface area contributed by atoms with E-state index in [2.05, 4.69) is 63.2 Å². The van der Waals surface area contributed by atoms with E-state index in [-0.39, 0.29) is 23.5 Å². The van der Waals surface area contributed by atoms with E-state index in [1.807, 2.05) is 18.2 Å². The summed E-state index contributed by atoms with van der Waals surface area (Å²) >= 11 is 6.65. The van der Waals surface area contributed by atoms with Crippen LogP contribution in [0.25, 0.3) is 0 Å². The molecule has 2 aromatic carbocycles. The fourth-order valence-electron chi connectivity index (χ4n) is 2.77. The van der Waals surface area contributed by atoms with Crippen LogP contribution >= 0.6 is 31.9 Å². The maximum atomic E-state index is 12.5. The number of hydrogen-bond acceptors (Lipinski definition) is 6. The molecule has 0 fully saturated rings. The lowest BCUT2D eigenvalue weighted by Crippen LogP contribution is -2.42. The molecule has 9 heteroatoms. The Labute approximate surface area is 191 Å². The van der Waals surface area contributed by atoms with Crippen molar-refractivity contribution in [3.8, 4) is 23.0 Å². The summed E-state index contributed by atoms with van der Waals surface area (Å²) in [6.07, 6.45) is 0.610. The van der Waals surface area contributed by atoms with Gasteiger partial charge in [0, 0.05) is 10.0 Å². The van der Waals surface area contributed by atoms with Gasteiger partial charge in [0.05, 0.1) is 17.8 Å². The van der Waals surface area contributed by atoms with Crippen LogP contribution in [0.3, 0.4) is 0 Å². The predicted molar refractivity (Wildman–Crippen MR) is 121 cm³/mol. The number of carbonyl (C=O) groups is 1. The van der Waals surface area contributed by atoms with E-state index < -0.39 is 12.0 Å². The number of phenols is 1. The van der Waals surface area contributed by atoms with Crippen molar-refractivity contribution in [2.24, 2.45) is 5.10 Å². The number of carbonyl (C=O) groups excluding carboxylic acids is 1. The maximum absolute atomic E-state index is 12.5. The minimum atomic E-state index is -0.825. The van der Waals surface area contributed by atoms with Crippen molar-refractivity contribution in [1.82, 2.24) is 5.43 Å². The van der Waals surface area contributed by atoms with Crippen LogP contribution in [0.1, 0.15) is 31.9 Å². The van der Waals surface area contributed by atoms with Crippen LogP contribution < -0.4 is 19.6 Å². The normalized spacial score (nSPS) is 15.9. The SMILES string of the molecule is COc1cc(/C=N/NC(=O)[C@@H]2COc3ccc(C(C)(C)C)cc3O2)c(Br)c(Br)c1O. The van der Waals surface area contributed by atoms with Crippen LogP contribution in [-0.4, -0.2) is 37.0 Å². The molecule has 1 atom stereocenters. The van der Waals surface area contributed by atoms with Crippen molar-refractivity contribution in [1.29, 1.82) is 0 Å². The molecule has 1 aliphatic heterocycles. The van der Waals surface area contributed by atoms with Gasteiger partial charge in [-0.05, 0) is 61.0 Å². The van der Waals surface area contributed by atoms with Crippen LogP contribution in [0.2, 0.25) is 0 Å². The molecule has 0 saturated heterocycles. The molecular weight excluding hydrogens is 520 g/mol. The Hall–Kier alpha value is -2.26. The van der Waals surface area contributed by atoms with Crippen molar-refractivity contribution in [2.75, 3.05) is 13.7 Å². The summed E-state index contributed by atoms with van der Waals surface area (Å²) in [6, 6.07) is 7.34. The lowest BCUT2D eigenvalue weighted by atomic mass is 9.87. The van der Waals surface area contributed by atoms with Gasteiger partial charge in [0.25, 0.3) is 5.91 Å². The average molecular weight is 542 g/mol. The summed E-state index contributed by atoms with van der Waals surface area (Å²) < 4.78 is 17.6. The third-order valence-corrected chi connectivity index (χ3v) is 6.69. The largest absolute Gasteiger partial charge is 0.503 e. The molecule has 0 bridgehead atoms. The minimum absolute atomic E-state index is 0.0355. The fraction of sp³-hybridized carbons (Fsp3) is 0.333. The van der Waals surface area contributed by atoms with Gasteiger partial charge in [0.15, 0.2) is 23.0 Å². The standard InChI is InChI=1S/C21H22Br2N2O5/c1-21(2,3)12-5-6-13-14(8-12)30-16(10-29-13)20(27)25-24-9-11-7-15(28-4)19(26)18(23)17(11)22/h5-9,16,26H,10H2,1-4H3,(H,25,27)/b24-9+/t16-/m0/s1. The van der Waals surface area contributed by atoms with Gasteiger partial charge in [-0.3, -0.25) is 4.79 Å². The summed E-state index contributed by atoms with van der Waals surface area (Å²) in [5, 5.41) is 14.0. The average Bonchev–Trinajstić information content (AvgIpc) is 2.72. The number of ether oxygens (including phenoxy) is 3. The predicted octanol–water partition coefficient (Wildman–Crippen LogP) is 4.51. The van der Waals surface area contributed by atoms with Crippen molar-refractivity contribution in [3.05, 3.63) is 44.3 Å². The van der Waals surface area contributed by atoms with Crippen LogP contribution in [0.5, 0.6) is 23.0 Å². The molecule has 7 nitrogen and oxygen atoms in total. The quantitative estimate of drug-likeness (QED) is 0.439. The molecule has 3 rings (SSSR count). The first-order valence-corrected chi connectivity index (χ1v) is 10.7. The van der Waals surface area contributed by atoms with E-state index in [1.165, 1.54) is 13.3 Å². The zero-order chi connectivity index (χ0) is 22.1. The molecule has 2 N–H and O–H groups in total. The van der Waals surface area contributed by atoms with E-state index in [1.54, 1.807) is 6.07 Å². The number of halogens is 2. The third-order valence-electron chi connectivity index (χ3n) is 4.53. The molecule has 1 aliphatic rings. The molecule has 1 amide bonds. The van der Waals surface area contributed by atoms with E-state index in [9.17, 15) is 9.90 Å². The molecule has 0 radical (unpaired) electrons. The molecule has 30 heavy (non-hydrogen) atoms. The second-order valence-electron chi connectivity index (χ2n) is 7.71. The highest BCUT2D eigenvalue weighted by Gasteiger charge is 2.28. The Morgan fingerprint density at radius 3 is 2.67 bits per heavy atom. The summed E-state index contributed by atoms with van der Waals surface area (Å²) in [5.41, 5.74) is 4.09. The van der Waals surface area contributed by atoms with Gasteiger partial charge in [-0.1, -0.05) is 26.8 Å². The Kier molecular flexibility index (Phi) is 6.62. The summed E-state index contributed by atoms with van der Waals surface area (Å²) in [4.78, 5) is 12.5. The number of hydrazone groups is 1. The van der Waals surface area contributed by atoms with Crippen molar-refractivity contribution in [2.45, 2.75) is 32.3 Å². The first-order valence-electron chi connectivity index (χ1n) is 9.13. The number of hydrogen-bond donors (Lipinski definition) is 2. The lowest BCUT2D eigenvalue weighted by molar-refractivity contribution is -0.130. The van der Waals surface area contributed by atoms with E-state index in [4.69, 9.17) is 14.2 Å². The van der Waals surface area contributed by atoms with Crippen molar-refractivity contribution >= 4 is 44.0 Å². The van der Waals surface area contributed by atoms with Gasteiger partial charge in [-0.2, -0.15) is 5.10 Å². The van der Waals surface area contributed by atoms with Crippen molar-refractivity contribution in [3.63, 3.8) is 0 Å². The molecule has 0 aliphatic carbocycles. The van der Waals surface area contributed by atoms with Gasteiger partial charge in [-0.25, -0.2) is 5.43 Å². The molecule has 160 valence electrons. The monoisotopic (exact) mass is 540 g/mol. The number of amides is 1. The summed E-state index contributed by atoms with van der Waals surface area (Å²) in [5.74, 6) is 0.951. The van der Waals surface area contributed by atoms with Gasteiger partial charge in [0.2, 0.25) is 6.10 Å². The Bertz CT molecular complexity index is 1000. The zero-order valence-electron chi connectivity index (χ0n) is 17.0. The van der Waals surface area contributed by atoms with Gasteiger partial charge in [-0.15, -0.1) is 0 Å². The molecule has 0 unspecified atom stereocenters. The number of phenolic OH excluding ortho intramolecular Hbond substituents is 1. The third kappa shape index (κ3) is 4.73. The first-order chi connectivity index (χ1) is 14.1. The molecule has 0 spiro atoms. The number of fused-ring (bicyclic) bond motifs is 1. The number of aromatic hydroxyl groups is 1. The summed E-state index contributed by atoms with van der Waals surface area (Å²) in [6.45, 7) is 6.40. The minimum Gasteiger partial charge on any atom is -0.503 e. The second kappa shape index (κ2) is 8.85. The smallest absolute Gasteiger partial charge is 0.284 e. The van der Waals surface area contributed by atoms with Crippen molar-refractivity contribution < 1.29 is 24.1 Å². The summed E-state index contributed by atoms with van der Waals surface area (Å²) in [7, 11) is 1.45. The second-order valence-corrected chi connectivity index (χ2v) is 9.29. The number of nitrogens with one attached hydrogen (secondary N) is 1. The zero-order valence-corrected chi connectivity index (χ0v) is 20.1. The highest BCUT2D eigenvalue weighted by molar-refractivity contribution is 9.13. The Morgan fingerprint density at radius 2 is 2.00 bits per heavy atom. The van der Waals surface area contributed by atoms with Crippen LogP contribution in [0.15, 0.2) is 38.3 Å². The Balaban J connectivity index is 1.70. The topological polar surface area (TPSA) is 89.4 Å². The van der Waals surface area contributed by atoms with Gasteiger partial charge >= 0.3 is 0 Å². The highest BCUT2D eigenvalue weighted by atomic mass is 79.9. The van der Waals surface area contributed by atoms with Crippen LogP contribution in [-0.2, 0) is 10.2 Å². The molecule has 0 saturated carbocycles. The maximum Gasteiger partial charge on any atom is 0.284 e. The molecular formula is C21H22Br2N2O5. The van der Waals surface area contributed by atoms with E-state index >= 15 is 0 Å². The first kappa shape index (κ1) is 22.4. The van der Waals surface area contributed by atoms with E-state index in [0.717, 1.165) is 5.56 Å². The lowest BCUT2D eigenvalue weighted by Gasteiger charge is -2.27. The molecule has 0 aromatic heterocycles. The van der Waals surface area contributed by atoms with Crippen LogP contribution in [0.4, 0.5) is 0 Å². The number of methoxy groups -OCH3 is 1. The van der Waals surface area contributed by atoms with Gasteiger partial charge in [0.1, 0.15) is 6.61 Å². The van der Waals surface area contributed by atoms with Crippen LogP contribution in [0, 0.1) is 0 Å². The number of rotatable bonds is 4. The number of nitrogens with zero attached hydrogens (tertiary/aromatic N) is 1. The fourth-order valence-corrected chi connectivity index (χ4v) is 3.60. The highest BCUT2D eigenvalue weighted by Crippen LogP contribution is 2.41. The number of benzene rings is 2.